The molecule has 13 nitrogen and oxygen atoms in total. The molecule has 4 amide bonds. The minimum Gasteiger partial charge on any atom is -0.467 e. The molecule has 1 aliphatic rings. The first-order chi connectivity index (χ1) is 24.4. The zero-order valence-electron chi connectivity index (χ0n) is 33.4. The van der Waals surface area contributed by atoms with Gasteiger partial charge in [-0.05, 0) is 51.0 Å². The van der Waals surface area contributed by atoms with Crippen LogP contribution in [0.25, 0.3) is 0 Å². The number of alkyl carbamates (subject to hydrolysis) is 1. The fraction of sp³-hybridized carbons (Fsp3) is 0.718. The molecule has 2 N–H and O–H groups in total. The predicted molar refractivity (Wildman–Crippen MR) is 198 cm³/mol. The van der Waals surface area contributed by atoms with Gasteiger partial charge in [-0.2, -0.15) is 0 Å². The van der Waals surface area contributed by atoms with Crippen LogP contribution in [-0.2, 0) is 44.5 Å². The molecule has 0 bridgehead atoms. The van der Waals surface area contributed by atoms with Gasteiger partial charge in [-0.1, -0.05) is 71.4 Å². The topological polar surface area (TPSA) is 153 Å². The Morgan fingerprint density at radius 3 is 2.12 bits per heavy atom. The lowest BCUT2D eigenvalue weighted by atomic mass is 9.89. The maximum absolute atomic E-state index is 14.1. The number of carbonyl (C=O) groups is 5. The number of nitrogens with one attached hydrogen (secondary N) is 2. The summed E-state index contributed by atoms with van der Waals surface area (Å²) >= 11 is 0. The standard InChI is InChI=1S/C39H64N4O9/c1-13-25(4)33(42(9)36(46)32(24(2)3)41-38(48)52-39(6,7)8)30(49-10)23-31(44)43-21-17-20-29(43)34(50-11)26(5)35(45)40-28(37(47)51-12)22-27-18-15-14-16-19-27/h14-16,18-19,24-26,28-30,32-34H,13,17,20-23H2,1-12H3,(H,40,45)(H,41,48)/t25?,26-,28-,29+,30-,32+,33+,34-/m1/s1. The van der Waals surface area contributed by atoms with Crippen LogP contribution in [0.15, 0.2) is 30.3 Å². The van der Waals surface area contributed by atoms with Gasteiger partial charge in [0.2, 0.25) is 17.7 Å². The van der Waals surface area contributed by atoms with Crippen LogP contribution in [-0.4, -0.2) is 116 Å². The monoisotopic (exact) mass is 732 g/mol. The number of hydrogen-bond donors (Lipinski definition) is 2. The highest BCUT2D eigenvalue weighted by Crippen LogP contribution is 2.30. The molecule has 1 heterocycles. The molecule has 13 heteroatoms. The second-order valence-corrected chi connectivity index (χ2v) is 15.2. The van der Waals surface area contributed by atoms with Gasteiger partial charge < -0.3 is 39.4 Å². The number of ether oxygens (including phenoxy) is 4. The molecule has 2 rings (SSSR count). The van der Waals surface area contributed by atoms with E-state index in [0.717, 1.165) is 12.0 Å². The molecular weight excluding hydrogens is 668 g/mol. The summed E-state index contributed by atoms with van der Waals surface area (Å²) in [5.74, 6) is -2.42. The Labute approximate surface area is 310 Å². The fourth-order valence-electron chi connectivity index (χ4n) is 6.96. The second kappa shape index (κ2) is 20.5. The number of likely N-dealkylation sites (tertiary alicyclic amines) is 1. The quantitative estimate of drug-likeness (QED) is 0.210. The number of esters is 1. The lowest BCUT2D eigenvalue weighted by molar-refractivity contribution is -0.148. The van der Waals surface area contributed by atoms with E-state index in [9.17, 15) is 24.0 Å². The van der Waals surface area contributed by atoms with Gasteiger partial charge in [0.15, 0.2) is 0 Å². The van der Waals surface area contributed by atoms with Crippen molar-refractivity contribution in [3.05, 3.63) is 35.9 Å². The van der Waals surface area contributed by atoms with E-state index in [1.165, 1.54) is 21.3 Å². The molecule has 8 atom stereocenters. The molecule has 0 saturated carbocycles. The first kappa shape index (κ1) is 44.5. The van der Waals surface area contributed by atoms with Gasteiger partial charge in [-0.3, -0.25) is 14.4 Å². The van der Waals surface area contributed by atoms with E-state index in [1.807, 2.05) is 58.0 Å². The number of hydrogen-bond acceptors (Lipinski definition) is 9. The molecule has 0 spiro atoms. The zero-order chi connectivity index (χ0) is 39.3. The Kier molecular flexibility index (Phi) is 17.5. The third-order valence-electron chi connectivity index (χ3n) is 9.95. The van der Waals surface area contributed by atoms with Crippen LogP contribution >= 0.6 is 0 Å². The summed E-state index contributed by atoms with van der Waals surface area (Å²) in [5, 5.41) is 5.59. The van der Waals surface area contributed by atoms with Crippen molar-refractivity contribution in [3.8, 4) is 0 Å². The van der Waals surface area contributed by atoms with Crippen molar-refractivity contribution >= 4 is 29.8 Å². The third kappa shape index (κ3) is 12.5. The summed E-state index contributed by atoms with van der Waals surface area (Å²) in [6, 6.07) is 6.72. The van der Waals surface area contributed by atoms with Gasteiger partial charge in [0, 0.05) is 34.2 Å². The molecule has 1 aromatic carbocycles. The maximum Gasteiger partial charge on any atom is 0.408 e. The highest BCUT2D eigenvalue weighted by atomic mass is 16.6. The van der Waals surface area contributed by atoms with Crippen molar-refractivity contribution in [1.82, 2.24) is 20.4 Å². The number of likely N-dealkylation sites (N-methyl/N-ethyl adjacent to an activating group) is 1. The molecule has 294 valence electrons. The van der Waals surface area contributed by atoms with E-state index >= 15 is 0 Å². The average Bonchev–Trinajstić information content (AvgIpc) is 3.58. The van der Waals surface area contributed by atoms with E-state index < -0.39 is 60.0 Å². The first-order valence-electron chi connectivity index (χ1n) is 18.4. The summed E-state index contributed by atoms with van der Waals surface area (Å²) in [6.07, 6.45) is 0.326. The molecule has 0 aliphatic carbocycles. The molecule has 0 aromatic heterocycles. The average molecular weight is 733 g/mol. The first-order valence-corrected chi connectivity index (χ1v) is 18.4. The van der Waals surface area contributed by atoms with Crippen molar-refractivity contribution in [3.63, 3.8) is 0 Å². The molecule has 1 unspecified atom stereocenters. The lowest BCUT2D eigenvalue weighted by Crippen LogP contribution is -2.58. The van der Waals surface area contributed by atoms with E-state index in [0.29, 0.717) is 19.4 Å². The van der Waals surface area contributed by atoms with Gasteiger partial charge in [0.05, 0.1) is 43.7 Å². The van der Waals surface area contributed by atoms with E-state index in [2.05, 4.69) is 10.6 Å². The van der Waals surface area contributed by atoms with Crippen LogP contribution < -0.4 is 10.6 Å². The number of carbonyl (C=O) groups excluding carboxylic acids is 5. The van der Waals surface area contributed by atoms with Crippen LogP contribution in [0.3, 0.4) is 0 Å². The second-order valence-electron chi connectivity index (χ2n) is 15.2. The molecule has 1 aromatic rings. The SMILES string of the molecule is CCC(C)[C@@H]([C@@H](CC(=O)N1CCC[C@H]1[C@H](OC)[C@@H](C)C(=O)N[C@H](Cc1ccccc1)C(=O)OC)OC)N(C)C(=O)[C@@H](NC(=O)OC(C)(C)C)C(C)C. The third-order valence-corrected chi connectivity index (χ3v) is 9.95. The van der Waals surface area contributed by atoms with Gasteiger partial charge in [0.1, 0.15) is 17.7 Å². The molecule has 1 saturated heterocycles. The fourth-order valence-corrected chi connectivity index (χ4v) is 6.96. The molecule has 1 fully saturated rings. The maximum atomic E-state index is 14.1. The van der Waals surface area contributed by atoms with Gasteiger partial charge in [-0.15, -0.1) is 0 Å². The van der Waals surface area contributed by atoms with Crippen molar-refractivity contribution < 1.29 is 42.9 Å². The van der Waals surface area contributed by atoms with E-state index in [-0.39, 0.29) is 42.4 Å². The highest BCUT2D eigenvalue weighted by Gasteiger charge is 2.43. The van der Waals surface area contributed by atoms with Gasteiger partial charge in [0.25, 0.3) is 0 Å². The summed E-state index contributed by atoms with van der Waals surface area (Å²) in [7, 11) is 6.02. The lowest BCUT2D eigenvalue weighted by Gasteiger charge is -2.40. The Balaban J connectivity index is 2.26. The molecule has 1 aliphatic heterocycles. The van der Waals surface area contributed by atoms with Crippen molar-refractivity contribution in [2.75, 3.05) is 34.9 Å². The normalized spacial score (nSPS) is 18.7. The summed E-state index contributed by atoms with van der Waals surface area (Å²) in [6.45, 7) is 15.2. The highest BCUT2D eigenvalue weighted by molar-refractivity contribution is 5.87. The Morgan fingerprint density at radius 2 is 1.60 bits per heavy atom. The molecule has 0 radical (unpaired) electrons. The summed E-state index contributed by atoms with van der Waals surface area (Å²) in [5.41, 5.74) is 0.142. The Morgan fingerprint density at radius 1 is 0.962 bits per heavy atom. The van der Waals surface area contributed by atoms with Crippen molar-refractivity contribution in [1.29, 1.82) is 0 Å². The zero-order valence-corrected chi connectivity index (χ0v) is 33.4. The molecular formula is C39H64N4O9. The molecule has 52 heavy (non-hydrogen) atoms. The summed E-state index contributed by atoms with van der Waals surface area (Å²) in [4.78, 5) is 70.4. The van der Waals surface area contributed by atoms with Crippen molar-refractivity contribution in [2.24, 2.45) is 17.8 Å². The smallest absolute Gasteiger partial charge is 0.408 e. The van der Waals surface area contributed by atoms with Crippen LogP contribution in [0, 0.1) is 17.8 Å². The largest absolute Gasteiger partial charge is 0.467 e. The number of nitrogens with zero attached hydrogens (tertiary/aromatic N) is 2. The van der Waals surface area contributed by atoms with Crippen LogP contribution in [0.5, 0.6) is 0 Å². The number of benzene rings is 1. The minimum absolute atomic E-state index is 0.00995. The van der Waals surface area contributed by atoms with Crippen molar-refractivity contribution in [2.45, 2.75) is 129 Å². The number of amides is 4. The van der Waals surface area contributed by atoms with E-state index in [1.54, 1.807) is 44.5 Å². The Hall–Kier alpha value is -3.71. The van der Waals surface area contributed by atoms with Crippen LogP contribution in [0.4, 0.5) is 4.79 Å². The van der Waals surface area contributed by atoms with Crippen LogP contribution in [0.2, 0.25) is 0 Å². The number of rotatable bonds is 18. The van der Waals surface area contributed by atoms with E-state index in [4.69, 9.17) is 18.9 Å². The van der Waals surface area contributed by atoms with Gasteiger partial charge in [-0.25, -0.2) is 9.59 Å². The predicted octanol–water partition coefficient (Wildman–Crippen LogP) is 4.36. The summed E-state index contributed by atoms with van der Waals surface area (Å²) < 4.78 is 22.3. The van der Waals surface area contributed by atoms with Crippen LogP contribution in [0.1, 0.15) is 86.6 Å². The number of methoxy groups -OCH3 is 3. The Bertz CT molecular complexity index is 1320. The van der Waals surface area contributed by atoms with Gasteiger partial charge >= 0.3 is 12.1 Å². The minimum atomic E-state index is -0.893.